The van der Waals surface area contributed by atoms with Gasteiger partial charge in [0.15, 0.2) is 11.5 Å². The molecule has 0 bridgehead atoms. The highest BCUT2D eigenvalue weighted by Gasteiger charge is 2.18. The monoisotopic (exact) mass is 312 g/mol. The van der Waals surface area contributed by atoms with Gasteiger partial charge in [-0.05, 0) is 27.8 Å². The first-order valence-corrected chi connectivity index (χ1v) is 6.65. The summed E-state index contributed by atoms with van der Waals surface area (Å²) in [5.41, 5.74) is 0.820. The number of aliphatic hydroxyl groups is 1. The molecule has 0 saturated heterocycles. The molecule has 98 valence electrons. The van der Waals surface area contributed by atoms with E-state index in [2.05, 4.69) is 45.1 Å². The van der Waals surface area contributed by atoms with Gasteiger partial charge in [0.05, 0.1) is 0 Å². The molecule has 2 N–H and O–H groups in total. The van der Waals surface area contributed by atoms with Gasteiger partial charge < -0.3 is 14.8 Å². The van der Waals surface area contributed by atoms with E-state index in [4.69, 9.17) is 5.11 Å². The van der Waals surface area contributed by atoms with E-state index in [-0.39, 0.29) is 12.0 Å². The molecule has 5 nitrogen and oxygen atoms in total. The van der Waals surface area contributed by atoms with Crippen molar-refractivity contribution in [2.45, 2.75) is 20.3 Å². The molecule has 0 aliphatic heterocycles. The lowest BCUT2D eigenvalue weighted by Gasteiger charge is -2.24. The van der Waals surface area contributed by atoms with Crippen molar-refractivity contribution in [3.8, 4) is 0 Å². The zero-order valence-corrected chi connectivity index (χ0v) is 12.1. The number of imidazole rings is 1. The molecular weight excluding hydrogens is 296 g/mol. The number of aromatic nitrogens is 3. The molecule has 2 aromatic rings. The van der Waals surface area contributed by atoms with E-state index in [0.717, 1.165) is 29.0 Å². The zero-order valence-electron chi connectivity index (χ0n) is 10.5. The van der Waals surface area contributed by atoms with Crippen molar-refractivity contribution in [3.05, 3.63) is 23.2 Å². The molecule has 0 atom stereocenters. The first-order chi connectivity index (χ1) is 8.52. The average Bonchev–Trinajstić information content (AvgIpc) is 2.73. The second-order valence-corrected chi connectivity index (χ2v) is 5.87. The summed E-state index contributed by atoms with van der Waals surface area (Å²) in [6.45, 7) is 5.15. The van der Waals surface area contributed by atoms with E-state index in [9.17, 15) is 0 Å². The number of aliphatic hydroxyl groups excluding tert-OH is 1. The third-order valence-corrected chi connectivity index (χ3v) is 3.25. The second kappa shape index (κ2) is 5.24. The Hall–Kier alpha value is -1.14. The molecule has 0 aromatic carbocycles. The average molecular weight is 313 g/mol. The quantitative estimate of drug-likeness (QED) is 0.889. The fourth-order valence-electron chi connectivity index (χ4n) is 1.73. The Morgan fingerprint density at radius 3 is 3.00 bits per heavy atom. The third-order valence-electron chi connectivity index (χ3n) is 2.87. The lowest BCUT2D eigenvalue weighted by atomic mass is 9.90. The third kappa shape index (κ3) is 3.00. The molecule has 0 aliphatic carbocycles. The Bertz CT molecular complexity index is 538. The molecule has 2 rings (SSSR count). The number of nitrogens with zero attached hydrogens (tertiary/aromatic N) is 3. The molecule has 6 heteroatoms. The van der Waals surface area contributed by atoms with Gasteiger partial charge in [0.1, 0.15) is 4.60 Å². The van der Waals surface area contributed by atoms with Gasteiger partial charge >= 0.3 is 0 Å². The van der Waals surface area contributed by atoms with Gasteiger partial charge in [0.25, 0.3) is 0 Å². The Balaban J connectivity index is 2.19. The van der Waals surface area contributed by atoms with Crippen molar-refractivity contribution in [2.24, 2.45) is 5.41 Å². The van der Waals surface area contributed by atoms with Gasteiger partial charge in [0.2, 0.25) is 0 Å². The zero-order chi connectivity index (χ0) is 13.2. The van der Waals surface area contributed by atoms with Crippen LogP contribution in [0.5, 0.6) is 0 Å². The minimum atomic E-state index is 0.0162. The number of hydrogen-bond donors (Lipinski definition) is 2. The number of anilines is 1. The molecule has 0 aliphatic rings. The van der Waals surface area contributed by atoms with Crippen LogP contribution in [-0.4, -0.2) is 32.6 Å². The maximum absolute atomic E-state index is 9.01. The van der Waals surface area contributed by atoms with Crippen LogP contribution >= 0.6 is 15.9 Å². The van der Waals surface area contributed by atoms with E-state index in [1.807, 2.05) is 16.8 Å². The molecule has 0 spiro atoms. The molecular formula is C12H17BrN4O. The van der Waals surface area contributed by atoms with Crippen LogP contribution < -0.4 is 5.32 Å². The minimum absolute atomic E-state index is 0.0162. The van der Waals surface area contributed by atoms with Crippen molar-refractivity contribution in [2.75, 3.05) is 18.5 Å². The van der Waals surface area contributed by atoms with Gasteiger partial charge in [-0.2, -0.15) is 0 Å². The lowest BCUT2D eigenvalue weighted by molar-refractivity contribution is 0.220. The second-order valence-electron chi connectivity index (χ2n) is 5.06. The smallest absolute Gasteiger partial charge is 0.180 e. The summed E-state index contributed by atoms with van der Waals surface area (Å²) in [6.07, 6.45) is 6.24. The highest BCUT2D eigenvalue weighted by Crippen LogP contribution is 2.22. The first-order valence-electron chi connectivity index (χ1n) is 5.86. The highest BCUT2D eigenvalue weighted by molar-refractivity contribution is 9.10. The van der Waals surface area contributed by atoms with E-state index >= 15 is 0 Å². The number of hydrogen-bond acceptors (Lipinski definition) is 4. The van der Waals surface area contributed by atoms with Crippen LogP contribution in [0.15, 0.2) is 23.2 Å². The highest BCUT2D eigenvalue weighted by atomic mass is 79.9. The lowest BCUT2D eigenvalue weighted by Crippen LogP contribution is -2.25. The molecule has 0 radical (unpaired) electrons. The van der Waals surface area contributed by atoms with Gasteiger partial charge in [-0.25, -0.2) is 9.97 Å². The number of halogens is 1. The van der Waals surface area contributed by atoms with Crippen LogP contribution in [0.3, 0.4) is 0 Å². The molecule has 0 fully saturated rings. The summed E-state index contributed by atoms with van der Waals surface area (Å²) in [6, 6.07) is 0. The van der Waals surface area contributed by atoms with Gasteiger partial charge in [-0.3, -0.25) is 0 Å². The molecule has 0 unspecified atom stereocenters. The topological polar surface area (TPSA) is 62.5 Å². The van der Waals surface area contributed by atoms with Crippen LogP contribution in [0.25, 0.3) is 5.65 Å². The van der Waals surface area contributed by atoms with E-state index in [1.54, 1.807) is 6.20 Å². The summed E-state index contributed by atoms with van der Waals surface area (Å²) in [4.78, 5) is 8.67. The summed E-state index contributed by atoms with van der Waals surface area (Å²) >= 11 is 3.38. The molecule has 18 heavy (non-hydrogen) atoms. The van der Waals surface area contributed by atoms with Gasteiger partial charge in [0, 0.05) is 31.7 Å². The maximum Gasteiger partial charge on any atom is 0.180 e. The molecule has 0 amide bonds. The normalized spacial score (nSPS) is 12.0. The predicted octanol–water partition coefficient (Wildman–Crippen LogP) is 2.31. The SMILES string of the molecule is CC(C)(CCO)CNc1nc(Br)cn2ccnc12. The molecule has 2 heterocycles. The minimum Gasteiger partial charge on any atom is -0.396 e. The van der Waals surface area contributed by atoms with Crippen LogP contribution in [0.4, 0.5) is 5.82 Å². The Morgan fingerprint density at radius 1 is 1.50 bits per heavy atom. The predicted molar refractivity (Wildman–Crippen MR) is 74.7 cm³/mol. The standard InChI is InChI=1S/C12H17BrN4O/c1-12(2,3-6-18)8-15-10-11-14-4-5-17(11)7-9(13)16-10/h4-5,7,18H,3,6,8H2,1-2H3,(H,15,16). The molecule has 2 aromatic heterocycles. The van der Waals surface area contributed by atoms with Crippen LogP contribution in [0, 0.1) is 5.41 Å². The van der Waals surface area contributed by atoms with Crippen LogP contribution in [-0.2, 0) is 0 Å². The largest absolute Gasteiger partial charge is 0.396 e. The van der Waals surface area contributed by atoms with Crippen molar-refractivity contribution >= 4 is 27.4 Å². The molecule has 0 saturated carbocycles. The summed E-state index contributed by atoms with van der Waals surface area (Å²) in [7, 11) is 0. The van der Waals surface area contributed by atoms with Gasteiger partial charge in [-0.15, -0.1) is 0 Å². The number of fused-ring (bicyclic) bond motifs is 1. The van der Waals surface area contributed by atoms with Gasteiger partial charge in [-0.1, -0.05) is 13.8 Å². The Morgan fingerprint density at radius 2 is 2.28 bits per heavy atom. The van der Waals surface area contributed by atoms with Crippen molar-refractivity contribution < 1.29 is 5.11 Å². The Kier molecular flexibility index (Phi) is 3.87. The van der Waals surface area contributed by atoms with Crippen molar-refractivity contribution in [1.29, 1.82) is 0 Å². The maximum atomic E-state index is 9.01. The summed E-state index contributed by atoms with van der Waals surface area (Å²) in [5.74, 6) is 0.750. The van der Waals surface area contributed by atoms with Crippen LogP contribution in [0.2, 0.25) is 0 Å². The van der Waals surface area contributed by atoms with Crippen molar-refractivity contribution in [1.82, 2.24) is 14.4 Å². The fraction of sp³-hybridized carbons (Fsp3) is 0.500. The van der Waals surface area contributed by atoms with E-state index < -0.39 is 0 Å². The van der Waals surface area contributed by atoms with Crippen molar-refractivity contribution in [3.63, 3.8) is 0 Å². The number of nitrogens with one attached hydrogen (secondary N) is 1. The van der Waals surface area contributed by atoms with E-state index in [0.29, 0.717) is 0 Å². The number of rotatable bonds is 5. The first kappa shape index (κ1) is 13.3. The van der Waals surface area contributed by atoms with Crippen LogP contribution in [0.1, 0.15) is 20.3 Å². The Labute approximate surface area is 114 Å². The fourth-order valence-corrected chi connectivity index (χ4v) is 2.13. The summed E-state index contributed by atoms with van der Waals surface area (Å²) < 4.78 is 2.67. The van der Waals surface area contributed by atoms with E-state index in [1.165, 1.54) is 0 Å². The summed E-state index contributed by atoms with van der Waals surface area (Å²) in [5, 5.41) is 12.3.